The van der Waals surface area contributed by atoms with E-state index in [0.717, 1.165) is 70.8 Å². The molecule has 6 rings (SSSR count). The van der Waals surface area contributed by atoms with Gasteiger partial charge in [0.05, 0.1) is 11.2 Å². The van der Waals surface area contributed by atoms with Crippen LogP contribution in [-0.4, -0.2) is 73.2 Å². The van der Waals surface area contributed by atoms with Crippen molar-refractivity contribution < 1.29 is 0 Å². The zero-order chi connectivity index (χ0) is 20.8. The molecule has 0 radical (unpaired) electrons. The van der Waals surface area contributed by atoms with Crippen LogP contribution in [0.4, 0.5) is 5.69 Å². The van der Waals surface area contributed by atoms with Gasteiger partial charge in [-0.25, -0.2) is 19.9 Å². The Morgan fingerprint density at radius 1 is 0.968 bits per heavy atom. The number of hydrogen-bond donors (Lipinski definition) is 2. The maximum atomic E-state index is 4.92. The van der Waals surface area contributed by atoms with E-state index in [9.17, 15) is 0 Å². The van der Waals surface area contributed by atoms with E-state index in [0.29, 0.717) is 5.82 Å². The first kappa shape index (κ1) is 18.0. The van der Waals surface area contributed by atoms with Crippen LogP contribution in [0.2, 0.25) is 0 Å². The number of likely N-dealkylation sites (N-methyl/N-ethyl adjacent to an activating group) is 1. The summed E-state index contributed by atoms with van der Waals surface area (Å²) in [5.41, 5.74) is 6.48. The summed E-state index contributed by atoms with van der Waals surface area (Å²) in [5.74, 6) is 0.705. The highest BCUT2D eigenvalue weighted by molar-refractivity contribution is 5.96. The van der Waals surface area contributed by atoms with Crippen LogP contribution in [0.5, 0.6) is 0 Å². The quantitative estimate of drug-likeness (QED) is 0.471. The van der Waals surface area contributed by atoms with Crippen LogP contribution < -0.4 is 4.90 Å². The fourth-order valence-corrected chi connectivity index (χ4v) is 4.13. The third kappa shape index (κ3) is 3.10. The van der Waals surface area contributed by atoms with E-state index in [1.54, 1.807) is 12.4 Å². The molecule has 0 aliphatic carbocycles. The fraction of sp³-hybridized carbons (Fsp3) is 0.227. The Bertz CT molecular complexity index is 1360. The topological polar surface area (TPSA) is 103 Å². The number of imidazole rings is 1. The lowest BCUT2D eigenvalue weighted by atomic mass is 10.1. The molecule has 0 unspecified atom stereocenters. The SMILES string of the molecule is CN1CCN(c2ccnc3[nH]c(-c4n[nH]c5ccc(-c6cncnc6)cc45)nc23)CC1. The first-order chi connectivity index (χ1) is 15.3. The van der Waals surface area contributed by atoms with Crippen molar-refractivity contribution in [2.24, 2.45) is 0 Å². The molecule has 0 atom stereocenters. The van der Waals surface area contributed by atoms with Crippen molar-refractivity contribution in [2.45, 2.75) is 0 Å². The van der Waals surface area contributed by atoms with Gasteiger partial charge >= 0.3 is 0 Å². The molecule has 0 saturated carbocycles. The molecular formula is C22H21N9. The highest BCUT2D eigenvalue weighted by atomic mass is 15.3. The van der Waals surface area contributed by atoms with Crippen molar-refractivity contribution in [3.8, 4) is 22.6 Å². The minimum absolute atomic E-state index is 0.705. The number of nitrogens with zero attached hydrogens (tertiary/aromatic N) is 7. The lowest BCUT2D eigenvalue weighted by Gasteiger charge is -2.33. The van der Waals surface area contributed by atoms with Gasteiger partial charge in [-0.15, -0.1) is 0 Å². The summed E-state index contributed by atoms with van der Waals surface area (Å²) in [4.78, 5) is 25.8. The Morgan fingerprint density at radius 3 is 2.65 bits per heavy atom. The summed E-state index contributed by atoms with van der Waals surface area (Å²) in [6, 6.07) is 8.20. The van der Waals surface area contributed by atoms with E-state index in [2.05, 4.69) is 59.1 Å². The fourth-order valence-electron chi connectivity index (χ4n) is 4.13. The van der Waals surface area contributed by atoms with Gasteiger partial charge in [0.2, 0.25) is 0 Å². The Labute approximate surface area is 178 Å². The Morgan fingerprint density at radius 2 is 1.81 bits per heavy atom. The van der Waals surface area contributed by atoms with Crippen molar-refractivity contribution in [2.75, 3.05) is 38.1 Å². The second kappa shape index (κ2) is 7.13. The van der Waals surface area contributed by atoms with Gasteiger partial charge in [-0.2, -0.15) is 5.10 Å². The molecule has 0 amide bonds. The highest BCUT2D eigenvalue weighted by Gasteiger charge is 2.20. The minimum atomic E-state index is 0.705. The van der Waals surface area contributed by atoms with E-state index >= 15 is 0 Å². The molecule has 5 aromatic rings. The maximum Gasteiger partial charge on any atom is 0.161 e. The molecule has 1 saturated heterocycles. The zero-order valence-electron chi connectivity index (χ0n) is 17.1. The minimum Gasteiger partial charge on any atom is -0.367 e. The molecular weight excluding hydrogens is 390 g/mol. The number of anilines is 1. The Hall–Kier alpha value is -3.85. The summed E-state index contributed by atoms with van der Waals surface area (Å²) in [7, 11) is 2.16. The van der Waals surface area contributed by atoms with Gasteiger partial charge in [-0.1, -0.05) is 6.07 Å². The number of aromatic amines is 2. The van der Waals surface area contributed by atoms with Crippen molar-refractivity contribution in [1.82, 2.24) is 40.0 Å². The van der Waals surface area contributed by atoms with E-state index in [1.165, 1.54) is 6.33 Å². The molecule has 31 heavy (non-hydrogen) atoms. The van der Waals surface area contributed by atoms with Crippen LogP contribution in [0.25, 0.3) is 44.7 Å². The summed E-state index contributed by atoms with van der Waals surface area (Å²) in [6.07, 6.45) is 6.99. The van der Waals surface area contributed by atoms with Crippen molar-refractivity contribution in [3.63, 3.8) is 0 Å². The maximum absolute atomic E-state index is 4.92. The van der Waals surface area contributed by atoms with Gasteiger partial charge < -0.3 is 14.8 Å². The van der Waals surface area contributed by atoms with Crippen LogP contribution in [0.3, 0.4) is 0 Å². The van der Waals surface area contributed by atoms with E-state index in [-0.39, 0.29) is 0 Å². The summed E-state index contributed by atoms with van der Waals surface area (Å²) >= 11 is 0. The molecule has 5 heterocycles. The van der Waals surface area contributed by atoms with Crippen LogP contribution in [0.15, 0.2) is 49.2 Å². The third-order valence-electron chi connectivity index (χ3n) is 5.89. The predicted octanol–water partition coefficient (Wildman–Crippen LogP) is 2.71. The number of rotatable bonds is 3. The van der Waals surface area contributed by atoms with Gasteiger partial charge in [-0.3, -0.25) is 5.10 Å². The van der Waals surface area contributed by atoms with Crippen LogP contribution in [0, 0.1) is 0 Å². The number of benzene rings is 1. The Kier molecular flexibility index (Phi) is 4.13. The van der Waals surface area contributed by atoms with E-state index < -0.39 is 0 Å². The van der Waals surface area contributed by atoms with Crippen molar-refractivity contribution in [3.05, 3.63) is 49.2 Å². The smallest absolute Gasteiger partial charge is 0.161 e. The van der Waals surface area contributed by atoms with Crippen molar-refractivity contribution >= 4 is 27.8 Å². The van der Waals surface area contributed by atoms with Crippen molar-refractivity contribution in [1.29, 1.82) is 0 Å². The summed E-state index contributed by atoms with van der Waals surface area (Å²) < 4.78 is 0. The summed E-state index contributed by atoms with van der Waals surface area (Å²) in [6.45, 7) is 4.03. The van der Waals surface area contributed by atoms with Crippen LogP contribution in [0.1, 0.15) is 0 Å². The van der Waals surface area contributed by atoms with E-state index in [1.807, 2.05) is 18.3 Å². The number of H-pyrrole nitrogens is 2. The molecule has 154 valence electrons. The summed E-state index contributed by atoms with van der Waals surface area (Å²) in [5, 5.41) is 8.65. The number of nitrogens with one attached hydrogen (secondary N) is 2. The van der Waals surface area contributed by atoms with Gasteiger partial charge in [0.25, 0.3) is 0 Å². The standard InChI is InChI=1S/C22H21N9/c1-30-6-8-31(9-7-30)18-4-5-25-21-20(18)26-22(27-21)19-16-10-14(2-3-17(16)28-29-19)15-11-23-13-24-12-15/h2-5,10-13H,6-9H2,1H3,(H,28,29)(H,25,26,27). The molecule has 2 N–H and O–H groups in total. The Balaban J connectivity index is 1.44. The molecule has 9 nitrogen and oxygen atoms in total. The molecule has 1 aromatic carbocycles. The number of aromatic nitrogens is 7. The first-order valence-corrected chi connectivity index (χ1v) is 10.3. The average Bonchev–Trinajstić information content (AvgIpc) is 3.43. The molecule has 1 aliphatic heterocycles. The van der Waals surface area contributed by atoms with Gasteiger partial charge in [-0.05, 0) is 30.8 Å². The lowest BCUT2D eigenvalue weighted by molar-refractivity contribution is 0.313. The van der Waals surface area contributed by atoms with Gasteiger partial charge in [0, 0.05) is 55.7 Å². The van der Waals surface area contributed by atoms with Gasteiger partial charge in [0.1, 0.15) is 17.5 Å². The van der Waals surface area contributed by atoms with Gasteiger partial charge in [0.15, 0.2) is 11.5 Å². The molecule has 0 spiro atoms. The number of fused-ring (bicyclic) bond motifs is 2. The highest BCUT2D eigenvalue weighted by Crippen LogP contribution is 2.32. The second-order valence-electron chi connectivity index (χ2n) is 7.86. The normalized spacial score (nSPS) is 15.2. The van der Waals surface area contributed by atoms with E-state index in [4.69, 9.17) is 4.98 Å². The molecule has 0 bridgehead atoms. The molecule has 4 aromatic heterocycles. The monoisotopic (exact) mass is 411 g/mol. The number of hydrogen-bond acceptors (Lipinski definition) is 7. The molecule has 1 fully saturated rings. The number of pyridine rings is 1. The zero-order valence-corrected chi connectivity index (χ0v) is 17.1. The van der Waals surface area contributed by atoms with Crippen LogP contribution in [-0.2, 0) is 0 Å². The molecule has 9 heteroatoms. The van der Waals surface area contributed by atoms with Crippen LogP contribution >= 0.6 is 0 Å². The number of piperazine rings is 1. The average molecular weight is 411 g/mol. The first-order valence-electron chi connectivity index (χ1n) is 10.3. The largest absolute Gasteiger partial charge is 0.367 e. The lowest BCUT2D eigenvalue weighted by Crippen LogP contribution is -2.44. The second-order valence-corrected chi connectivity index (χ2v) is 7.86. The predicted molar refractivity (Wildman–Crippen MR) is 120 cm³/mol. The molecule has 1 aliphatic rings. The third-order valence-corrected chi connectivity index (χ3v) is 5.89.